The lowest BCUT2D eigenvalue weighted by atomic mass is 9.95. The van der Waals surface area contributed by atoms with Crippen molar-refractivity contribution < 1.29 is 9.59 Å². The Morgan fingerprint density at radius 2 is 1.80 bits per heavy atom. The normalized spacial score (nSPS) is 26.7. The van der Waals surface area contributed by atoms with Crippen molar-refractivity contribution in [2.24, 2.45) is 0 Å². The number of piperidine rings is 1. The van der Waals surface area contributed by atoms with Crippen molar-refractivity contribution in [2.75, 3.05) is 11.4 Å². The maximum absolute atomic E-state index is 12.7. The number of fused-ring (bicyclic) bond motifs is 1. The molecule has 2 amide bonds. The molecule has 2 aliphatic heterocycles. The number of amides is 2. The Kier molecular flexibility index (Phi) is 3.70. The predicted molar refractivity (Wildman–Crippen MR) is 85.5 cm³/mol. The average Bonchev–Trinajstić information content (AvgIpc) is 2.47. The Morgan fingerprint density at radius 3 is 2.50 bits per heavy atom. The third-order valence-electron chi connectivity index (χ3n) is 4.16. The number of nitrogens with zero attached hydrogens (tertiary/aromatic N) is 2. The standard InChI is InChI=1S/C15H17IN2O2/c1-10-14(19)17-9-3-2-4-13(17)15(20)18(10)12-7-5-11(16)6-8-12/h5-8,10,13H,2-4,9H2,1H3. The van der Waals surface area contributed by atoms with Gasteiger partial charge in [-0.05, 0) is 73.0 Å². The van der Waals surface area contributed by atoms with Gasteiger partial charge in [-0.1, -0.05) is 0 Å². The van der Waals surface area contributed by atoms with E-state index in [-0.39, 0.29) is 17.9 Å². The highest BCUT2D eigenvalue weighted by molar-refractivity contribution is 14.1. The molecule has 0 saturated carbocycles. The molecule has 3 rings (SSSR count). The van der Waals surface area contributed by atoms with Crippen LogP contribution in [0.3, 0.4) is 0 Å². The minimum atomic E-state index is -0.406. The summed E-state index contributed by atoms with van der Waals surface area (Å²) in [6.45, 7) is 2.54. The Labute approximate surface area is 132 Å². The second-order valence-electron chi connectivity index (χ2n) is 5.40. The van der Waals surface area contributed by atoms with Crippen LogP contribution in [0.2, 0.25) is 0 Å². The molecule has 0 aromatic heterocycles. The summed E-state index contributed by atoms with van der Waals surface area (Å²) in [6.07, 6.45) is 2.82. The fraction of sp³-hybridized carbons (Fsp3) is 0.467. The molecule has 20 heavy (non-hydrogen) atoms. The van der Waals surface area contributed by atoms with Gasteiger partial charge in [-0.2, -0.15) is 0 Å². The summed E-state index contributed by atoms with van der Waals surface area (Å²) in [5.41, 5.74) is 0.821. The van der Waals surface area contributed by atoms with Crippen LogP contribution in [-0.2, 0) is 9.59 Å². The van der Waals surface area contributed by atoms with Crippen molar-refractivity contribution in [1.82, 2.24) is 4.90 Å². The molecular weight excluding hydrogens is 367 g/mol. The molecular formula is C15H17IN2O2. The Bertz CT molecular complexity index is 543. The van der Waals surface area contributed by atoms with E-state index in [4.69, 9.17) is 0 Å². The van der Waals surface area contributed by atoms with E-state index in [0.717, 1.165) is 35.1 Å². The van der Waals surface area contributed by atoms with E-state index in [1.807, 2.05) is 31.2 Å². The summed E-state index contributed by atoms with van der Waals surface area (Å²) in [4.78, 5) is 28.7. The van der Waals surface area contributed by atoms with Crippen LogP contribution in [0.25, 0.3) is 0 Å². The van der Waals surface area contributed by atoms with Crippen molar-refractivity contribution in [1.29, 1.82) is 0 Å². The van der Waals surface area contributed by atoms with Crippen molar-refractivity contribution >= 4 is 40.1 Å². The SMILES string of the molecule is CC1C(=O)N2CCCCC2C(=O)N1c1ccc(I)cc1. The van der Waals surface area contributed by atoms with Gasteiger partial charge in [-0.25, -0.2) is 0 Å². The smallest absolute Gasteiger partial charge is 0.250 e. The highest BCUT2D eigenvalue weighted by Gasteiger charge is 2.45. The van der Waals surface area contributed by atoms with Gasteiger partial charge in [0.2, 0.25) is 5.91 Å². The summed E-state index contributed by atoms with van der Waals surface area (Å²) in [5, 5.41) is 0. The molecule has 0 N–H and O–H groups in total. The van der Waals surface area contributed by atoms with Crippen molar-refractivity contribution in [2.45, 2.75) is 38.3 Å². The third-order valence-corrected chi connectivity index (χ3v) is 4.88. The van der Waals surface area contributed by atoms with Gasteiger partial charge >= 0.3 is 0 Å². The number of benzene rings is 1. The predicted octanol–water partition coefficient (Wildman–Crippen LogP) is 2.41. The van der Waals surface area contributed by atoms with Gasteiger partial charge in [0.15, 0.2) is 0 Å². The minimum Gasteiger partial charge on any atom is -0.329 e. The molecule has 0 aliphatic carbocycles. The fourth-order valence-electron chi connectivity index (χ4n) is 3.11. The van der Waals surface area contributed by atoms with Crippen LogP contribution >= 0.6 is 22.6 Å². The largest absolute Gasteiger partial charge is 0.329 e. The van der Waals surface area contributed by atoms with Crippen LogP contribution in [0.1, 0.15) is 26.2 Å². The second kappa shape index (κ2) is 5.35. The number of hydrogen-bond donors (Lipinski definition) is 0. The average molecular weight is 384 g/mol. The zero-order valence-corrected chi connectivity index (χ0v) is 13.5. The van der Waals surface area contributed by atoms with E-state index >= 15 is 0 Å². The molecule has 1 aromatic carbocycles. The molecule has 0 spiro atoms. The van der Waals surface area contributed by atoms with Crippen molar-refractivity contribution in [3.05, 3.63) is 27.8 Å². The first kappa shape index (κ1) is 13.9. The van der Waals surface area contributed by atoms with Crippen LogP contribution in [0.4, 0.5) is 5.69 Å². The summed E-state index contributed by atoms with van der Waals surface area (Å²) in [5.74, 6) is 0.144. The number of halogens is 1. The van der Waals surface area contributed by atoms with E-state index < -0.39 is 6.04 Å². The topological polar surface area (TPSA) is 40.6 Å². The Morgan fingerprint density at radius 1 is 1.10 bits per heavy atom. The van der Waals surface area contributed by atoms with E-state index in [1.165, 1.54) is 0 Å². The van der Waals surface area contributed by atoms with Crippen LogP contribution in [0.15, 0.2) is 24.3 Å². The molecule has 2 atom stereocenters. The number of carbonyl (C=O) groups excluding carboxylic acids is 2. The molecule has 2 unspecified atom stereocenters. The molecule has 2 fully saturated rings. The monoisotopic (exact) mass is 384 g/mol. The van der Waals surface area contributed by atoms with Gasteiger partial charge < -0.3 is 4.90 Å². The molecule has 5 heteroatoms. The first-order valence-corrected chi connectivity index (χ1v) is 8.06. The molecule has 0 radical (unpaired) electrons. The van der Waals surface area contributed by atoms with Gasteiger partial charge in [-0.15, -0.1) is 0 Å². The summed E-state index contributed by atoms with van der Waals surface area (Å²) in [6, 6.07) is 7.11. The molecule has 4 nitrogen and oxygen atoms in total. The van der Waals surface area contributed by atoms with Crippen LogP contribution in [0, 0.1) is 3.57 Å². The summed E-state index contributed by atoms with van der Waals surface area (Å²) >= 11 is 2.23. The molecule has 2 heterocycles. The maximum Gasteiger partial charge on any atom is 0.250 e. The summed E-state index contributed by atoms with van der Waals surface area (Å²) in [7, 11) is 0. The van der Waals surface area contributed by atoms with Gasteiger partial charge in [0, 0.05) is 15.8 Å². The van der Waals surface area contributed by atoms with Gasteiger partial charge in [0.25, 0.3) is 5.91 Å². The highest BCUT2D eigenvalue weighted by Crippen LogP contribution is 2.30. The first-order valence-electron chi connectivity index (χ1n) is 6.98. The molecule has 0 bridgehead atoms. The molecule has 1 aromatic rings. The molecule has 2 saturated heterocycles. The van der Waals surface area contributed by atoms with Crippen LogP contribution < -0.4 is 4.90 Å². The second-order valence-corrected chi connectivity index (χ2v) is 6.65. The zero-order valence-electron chi connectivity index (χ0n) is 11.4. The maximum atomic E-state index is 12.7. The fourth-order valence-corrected chi connectivity index (χ4v) is 3.47. The lowest BCUT2D eigenvalue weighted by Gasteiger charge is -2.46. The molecule has 2 aliphatic rings. The van der Waals surface area contributed by atoms with Gasteiger partial charge in [-0.3, -0.25) is 14.5 Å². The Hall–Kier alpha value is -1.11. The number of rotatable bonds is 1. The van der Waals surface area contributed by atoms with Crippen LogP contribution in [-0.4, -0.2) is 35.3 Å². The molecule has 106 valence electrons. The third kappa shape index (κ3) is 2.21. The van der Waals surface area contributed by atoms with E-state index in [9.17, 15) is 9.59 Å². The summed E-state index contributed by atoms with van der Waals surface area (Å²) < 4.78 is 1.12. The zero-order chi connectivity index (χ0) is 14.3. The number of piperazine rings is 1. The lowest BCUT2D eigenvalue weighted by Crippen LogP contribution is -2.65. The number of hydrogen-bond acceptors (Lipinski definition) is 2. The number of anilines is 1. The van der Waals surface area contributed by atoms with E-state index in [2.05, 4.69) is 22.6 Å². The van der Waals surface area contributed by atoms with E-state index in [0.29, 0.717) is 0 Å². The highest BCUT2D eigenvalue weighted by atomic mass is 127. The Balaban J connectivity index is 1.96. The van der Waals surface area contributed by atoms with E-state index in [1.54, 1.807) is 9.80 Å². The van der Waals surface area contributed by atoms with Crippen molar-refractivity contribution in [3.63, 3.8) is 0 Å². The number of carbonyl (C=O) groups is 2. The van der Waals surface area contributed by atoms with Crippen molar-refractivity contribution in [3.8, 4) is 0 Å². The quantitative estimate of drug-likeness (QED) is 0.698. The first-order chi connectivity index (χ1) is 9.59. The van der Waals surface area contributed by atoms with Gasteiger partial charge in [0.05, 0.1) is 0 Å². The lowest BCUT2D eigenvalue weighted by molar-refractivity contribution is -0.147. The van der Waals surface area contributed by atoms with Gasteiger partial charge in [0.1, 0.15) is 12.1 Å². The minimum absolute atomic E-state index is 0.0676. The van der Waals surface area contributed by atoms with Crippen LogP contribution in [0.5, 0.6) is 0 Å².